The zero-order valence-electron chi connectivity index (χ0n) is 6.18. The molecule has 0 rings (SSSR count). The summed E-state index contributed by atoms with van der Waals surface area (Å²) in [6.07, 6.45) is 0.801. The minimum absolute atomic E-state index is 0. The molecule has 64 valence electrons. The van der Waals surface area contributed by atoms with Crippen molar-refractivity contribution < 1.29 is 4.39 Å². The van der Waals surface area contributed by atoms with E-state index in [9.17, 15) is 4.39 Å². The van der Waals surface area contributed by atoms with E-state index in [-0.39, 0.29) is 25.1 Å². The summed E-state index contributed by atoms with van der Waals surface area (Å²) in [5.41, 5.74) is 5.33. The Morgan fingerprint density at radius 3 is 2.60 bits per heavy atom. The van der Waals surface area contributed by atoms with E-state index in [0.29, 0.717) is 0 Å². The highest BCUT2D eigenvalue weighted by molar-refractivity contribution is 7.99. The molecule has 0 aromatic heterocycles. The Labute approximate surface area is 72.3 Å². The smallest absolute Gasteiger partial charge is 0.105 e. The molecule has 0 fully saturated rings. The van der Waals surface area contributed by atoms with Crippen molar-refractivity contribution in [1.29, 1.82) is 0 Å². The Bertz CT molecular complexity index is 65.7. The Hall–Kier alpha value is 0.530. The Balaban J connectivity index is 0. The van der Waals surface area contributed by atoms with Crippen LogP contribution in [0.25, 0.3) is 0 Å². The minimum atomic E-state index is -0.385. The number of alkyl halides is 1. The number of rotatable bonds is 5. The molecular formula is C6H15ClFNS. The predicted molar refractivity (Wildman–Crippen MR) is 48.8 cm³/mol. The number of halogens is 2. The number of hydrogen-bond acceptors (Lipinski definition) is 2. The van der Waals surface area contributed by atoms with Gasteiger partial charge in [-0.1, -0.05) is 6.92 Å². The minimum Gasteiger partial charge on any atom is -0.325 e. The molecule has 2 N–H and O–H groups in total. The van der Waals surface area contributed by atoms with Gasteiger partial charge in [0.2, 0.25) is 0 Å². The summed E-state index contributed by atoms with van der Waals surface area (Å²) in [5.74, 6) is 2.08. The molecule has 0 aliphatic rings. The van der Waals surface area contributed by atoms with E-state index in [4.69, 9.17) is 5.73 Å². The second kappa shape index (κ2) is 9.53. The summed E-state index contributed by atoms with van der Waals surface area (Å²) in [7, 11) is 0. The maximum atomic E-state index is 11.7. The van der Waals surface area contributed by atoms with Crippen molar-refractivity contribution in [2.24, 2.45) is 5.73 Å². The third kappa shape index (κ3) is 8.53. The van der Waals surface area contributed by atoms with Crippen LogP contribution in [0.3, 0.4) is 0 Å². The molecule has 0 heterocycles. The van der Waals surface area contributed by atoms with Gasteiger partial charge in [0.25, 0.3) is 0 Å². The molecule has 0 aliphatic heterocycles. The van der Waals surface area contributed by atoms with Crippen LogP contribution in [-0.2, 0) is 0 Å². The third-order valence-corrected chi connectivity index (χ3v) is 1.97. The normalized spacial score (nSPS) is 12.3. The summed E-state index contributed by atoms with van der Waals surface area (Å²) in [6, 6.07) is -0.232. The van der Waals surface area contributed by atoms with Gasteiger partial charge in [-0.25, -0.2) is 4.39 Å². The van der Waals surface area contributed by atoms with Crippen molar-refractivity contribution >= 4 is 24.2 Å². The number of nitrogens with two attached hydrogens (primary N) is 1. The molecular weight excluding hydrogens is 173 g/mol. The van der Waals surface area contributed by atoms with Crippen molar-refractivity contribution in [1.82, 2.24) is 0 Å². The average Bonchev–Trinajstić information content (AvgIpc) is 1.89. The first-order valence-corrected chi connectivity index (χ1v) is 4.36. The first-order valence-electron chi connectivity index (χ1n) is 3.20. The first kappa shape index (κ1) is 13.1. The molecule has 10 heavy (non-hydrogen) atoms. The fourth-order valence-corrected chi connectivity index (χ4v) is 1.21. The Morgan fingerprint density at radius 1 is 1.60 bits per heavy atom. The molecule has 0 saturated heterocycles. The fraction of sp³-hybridized carbons (Fsp3) is 1.00. The van der Waals surface area contributed by atoms with E-state index < -0.39 is 0 Å². The number of thioether (sulfide) groups is 1. The zero-order valence-corrected chi connectivity index (χ0v) is 7.81. The number of hydrogen-bond donors (Lipinski definition) is 1. The molecule has 1 unspecified atom stereocenters. The van der Waals surface area contributed by atoms with E-state index in [1.807, 2.05) is 0 Å². The lowest BCUT2D eigenvalue weighted by Crippen LogP contribution is -2.22. The largest absolute Gasteiger partial charge is 0.325 e. The quantitative estimate of drug-likeness (QED) is 0.665. The van der Waals surface area contributed by atoms with E-state index >= 15 is 0 Å². The van der Waals surface area contributed by atoms with Crippen molar-refractivity contribution in [2.75, 3.05) is 18.2 Å². The van der Waals surface area contributed by atoms with Gasteiger partial charge in [-0.15, -0.1) is 12.4 Å². The van der Waals surface area contributed by atoms with Crippen LogP contribution >= 0.6 is 24.2 Å². The van der Waals surface area contributed by atoms with E-state index in [1.165, 1.54) is 0 Å². The van der Waals surface area contributed by atoms with Gasteiger partial charge in [0.1, 0.15) is 6.67 Å². The lowest BCUT2D eigenvalue weighted by Gasteiger charge is -2.03. The summed E-state index contributed by atoms with van der Waals surface area (Å²) in [5, 5.41) is 0. The van der Waals surface area contributed by atoms with E-state index in [2.05, 4.69) is 6.92 Å². The highest BCUT2D eigenvalue weighted by Crippen LogP contribution is 2.02. The third-order valence-electron chi connectivity index (χ3n) is 1.04. The molecule has 1 atom stereocenters. The standard InChI is InChI=1S/C6H14FNS.ClH/c1-2-9-4-3-6(8)5-7;/h6H,2-5,8H2,1H3;1H. The zero-order chi connectivity index (χ0) is 7.11. The molecule has 0 aliphatic carbocycles. The summed E-state index contributed by atoms with van der Waals surface area (Å²) < 4.78 is 11.7. The molecule has 0 spiro atoms. The van der Waals surface area contributed by atoms with Gasteiger partial charge >= 0.3 is 0 Å². The second-order valence-corrected chi connectivity index (χ2v) is 3.29. The van der Waals surface area contributed by atoms with Gasteiger partial charge in [0, 0.05) is 6.04 Å². The molecule has 0 radical (unpaired) electrons. The maximum Gasteiger partial charge on any atom is 0.105 e. The van der Waals surface area contributed by atoms with Gasteiger partial charge in [-0.3, -0.25) is 0 Å². The Kier molecular flexibility index (Phi) is 12.5. The highest BCUT2D eigenvalue weighted by Gasteiger charge is 1.98. The van der Waals surface area contributed by atoms with Crippen LogP contribution in [0.2, 0.25) is 0 Å². The van der Waals surface area contributed by atoms with Gasteiger partial charge < -0.3 is 5.73 Å². The van der Waals surface area contributed by atoms with Crippen LogP contribution in [0.15, 0.2) is 0 Å². The van der Waals surface area contributed by atoms with Crippen LogP contribution in [0.4, 0.5) is 4.39 Å². The van der Waals surface area contributed by atoms with Crippen molar-refractivity contribution in [3.8, 4) is 0 Å². The highest BCUT2D eigenvalue weighted by atomic mass is 35.5. The van der Waals surface area contributed by atoms with Gasteiger partial charge in [0.15, 0.2) is 0 Å². The lowest BCUT2D eigenvalue weighted by atomic mass is 10.3. The topological polar surface area (TPSA) is 26.0 Å². The van der Waals surface area contributed by atoms with Crippen LogP contribution in [0, 0.1) is 0 Å². The van der Waals surface area contributed by atoms with Crippen molar-refractivity contribution in [2.45, 2.75) is 19.4 Å². The maximum absolute atomic E-state index is 11.7. The molecule has 0 aromatic rings. The second-order valence-electron chi connectivity index (χ2n) is 1.90. The summed E-state index contributed by atoms with van der Waals surface area (Å²) in [6.45, 7) is 1.70. The van der Waals surface area contributed by atoms with E-state index in [1.54, 1.807) is 11.8 Å². The predicted octanol–water partition coefficient (Wildman–Crippen LogP) is 1.85. The molecule has 0 saturated carbocycles. The SMILES string of the molecule is CCSCCC(N)CF.Cl. The molecule has 4 heteroatoms. The fourth-order valence-electron chi connectivity index (χ4n) is 0.456. The molecule has 0 bridgehead atoms. The van der Waals surface area contributed by atoms with Crippen LogP contribution in [0.5, 0.6) is 0 Å². The monoisotopic (exact) mass is 187 g/mol. The van der Waals surface area contributed by atoms with Crippen LogP contribution < -0.4 is 5.73 Å². The summed E-state index contributed by atoms with van der Waals surface area (Å²) in [4.78, 5) is 0. The lowest BCUT2D eigenvalue weighted by molar-refractivity contribution is 0.423. The van der Waals surface area contributed by atoms with Gasteiger partial charge in [0.05, 0.1) is 0 Å². The van der Waals surface area contributed by atoms with E-state index in [0.717, 1.165) is 17.9 Å². The molecule has 0 amide bonds. The van der Waals surface area contributed by atoms with Crippen molar-refractivity contribution in [3.05, 3.63) is 0 Å². The van der Waals surface area contributed by atoms with Crippen molar-refractivity contribution in [3.63, 3.8) is 0 Å². The van der Waals surface area contributed by atoms with Crippen LogP contribution in [-0.4, -0.2) is 24.2 Å². The van der Waals surface area contributed by atoms with Gasteiger partial charge in [-0.05, 0) is 17.9 Å². The molecule has 0 aromatic carbocycles. The van der Waals surface area contributed by atoms with Gasteiger partial charge in [-0.2, -0.15) is 11.8 Å². The summed E-state index contributed by atoms with van der Waals surface area (Å²) >= 11 is 1.81. The Morgan fingerprint density at radius 2 is 2.20 bits per heavy atom. The van der Waals surface area contributed by atoms with Crippen LogP contribution in [0.1, 0.15) is 13.3 Å². The first-order chi connectivity index (χ1) is 4.31. The molecule has 1 nitrogen and oxygen atoms in total. The average molecular weight is 188 g/mol.